The highest BCUT2D eigenvalue weighted by Gasteiger charge is 1.88. The number of allylic oxidation sites excluding steroid dienone is 6. The Balaban J connectivity index is 2.73. The zero-order chi connectivity index (χ0) is 6.69. The molecule has 9 heavy (non-hydrogen) atoms. The van der Waals surface area contributed by atoms with Gasteiger partial charge in [0.25, 0.3) is 0 Å². The van der Waals surface area contributed by atoms with Gasteiger partial charge in [0, 0.05) is 5.70 Å². The van der Waals surface area contributed by atoms with Crippen molar-refractivity contribution in [1.29, 1.82) is 0 Å². The Morgan fingerprint density at radius 1 is 1.44 bits per heavy atom. The molecule has 0 unspecified atom stereocenters. The Hall–Kier alpha value is -1.24. The van der Waals surface area contributed by atoms with Crippen LogP contribution < -0.4 is 5.73 Å². The van der Waals surface area contributed by atoms with Crippen molar-refractivity contribution in [2.75, 3.05) is 0 Å². The van der Waals surface area contributed by atoms with Gasteiger partial charge < -0.3 is 5.73 Å². The van der Waals surface area contributed by atoms with E-state index in [9.17, 15) is 0 Å². The number of hydrogen-bond donors (Lipinski definition) is 1. The van der Waals surface area contributed by atoms with Crippen LogP contribution in [0.5, 0.6) is 0 Å². The first-order valence-electron chi connectivity index (χ1n) is 2.80. The number of rotatable bonds is 1. The fourth-order valence-electron chi connectivity index (χ4n) is 0.699. The summed E-state index contributed by atoms with van der Waals surface area (Å²) in [6.07, 6.45) is 9.74. The van der Waals surface area contributed by atoms with Crippen molar-refractivity contribution in [3.63, 3.8) is 0 Å². The minimum absolute atomic E-state index is 0.598. The van der Waals surface area contributed by atoms with Gasteiger partial charge in [-0.25, -0.2) is 0 Å². The molecule has 1 heteroatoms. The molecule has 1 aliphatic carbocycles. The van der Waals surface area contributed by atoms with Gasteiger partial charge in [0.15, 0.2) is 0 Å². The molecule has 46 valence electrons. The highest BCUT2D eigenvalue weighted by Crippen LogP contribution is 2.07. The topological polar surface area (TPSA) is 26.0 Å². The molecule has 0 aromatic carbocycles. The minimum Gasteiger partial charge on any atom is -0.399 e. The zero-order valence-corrected chi connectivity index (χ0v) is 5.17. The highest BCUT2D eigenvalue weighted by molar-refractivity contribution is 5.42. The van der Waals surface area contributed by atoms with E-state index in [0.29, 0.717) is 5.70 Å². The second-order valence-electron chi connectivity index (χ2n) is 1.94. The summed E-state index contributed by atoms with van der Waals surface area (Å²) in [7, 11) is 0. The van der Waals surface area contributed by atoms with E-state index < -0.39 is 0 Å². The van der Waals surface area contributed by atoms with Crippen LogP contribution in [0.3, 0.4) is 0 Å². The van der Waals surface area contributed by atoms with Crippen molar-refractivity contribution in [3.8, 4) is 0 Å². The predicted molar refractivity (Wildman–Crippen MR) is 39.7 cm³/mol. The van der Waals surface area contributed by atoms with E-state index in [1.807, 2.05) is 30.4 Å². The van der Waals surface area contributed by atoms with Crippen LogP contribution in [0.4, 0.5) is 0 Å². The van der Waals surface area contributed by atoms with E-state index in [-0.39, 0.29) is 0 Å². The lowest BCUT2D eigenvalue weighted by Crippen LogP contribution is -1.89. The number of nitrogens with two attached hydrogens (primary N) is 1. The standard InChI is InChI=1S/C8H9N/c1-7(9)6-8-4-2-3-5-8/h2-6H,1,9H2. The lowest BCUT2D eigenvalue weighted by atomic mass is 10.2. The van der Waals surface area contributed by atoms with Crippen molar-refractivity contribution in [1.82, 2.24) is 0 Å². The predicted octanol–water partition coefficient (Wildman–Crippen LogP) is 1.51. The molecule has 0 heterocycles. The Kier molecular flexibility index (Phi) is 1.54. The molecule has 0 saturated heterocycles. The van der Waals surface area contributed by atoms with Crippen molar-refractivity contribution in [3.05, 3.63) is 48.2 Å². The van der Waals surface area contributed by atoms with Crippen LogP contribution >= 0.6 is 0 Å². The average Bonchev–Trinajstić information content (AvgIpc) is 2.15. The molecule has 0 amide bonds. The van der Waals surface area contributed by atoms with Gasteiger partial charge in [-0.15, -0.1) is 0 Å². The van der Waals surface area contributed by atoms with E-state index in [0.717, 1.165) is 5.57 Å². The molecule has 0 radical (unpaired) electrons. The molecule has 0 aromatic rings. The third-order valence-electron chi connectivity index (χ3n) is 1.04. The Morgan fingerprint density at radius 3 is 2.44 bits per heavy atom. The fraction of sp³-hybridized carbons (Fsp3) is 0. The van der Waals surface area contributed by atoms with Crippen LogP contribution in [0.1, 0.15) is 0 Å². The molecule has 0 atom stereocenters. The van der Waals surface area contributed by atoms with Crippen LogP contribution in [0, 0.1) is 0 Å². The van der Waals surface area contributed by atoms with Gasteiger partial charge in [-0.05, 0) is 11.6 Å². The maximum Gasteiger partial charge on any atom is 0.0246 e. The summed E-state index contributed by atoms with van der Waals surface area (Å²) in [5.74, 6) is 0. The van der Waals surface area contributed by atoms with Crippen molar-refractivity contribution in [2.45, 2.75) is 0 Å². The van der Waals surface area contributed by atoms with Crippen LogP contribution in [0.2, 0.25) is 0 Å². The molecule has 2 N–H and O–H groups in total. The molecule has 0 saturated carbocycles. The molecule has 1 rings (SSSR count). The van der Waals surface area contributed by atoms with E-state index >= 15 is 0 Å². The van der Waals surface area contributed by atoms with Crippen molar-refractivity contribution < 1.29 is 0 Å². The maximum atomic E-state index is 5.33. The quantitative estimate of drug-likeness (QED) is 0.556. The molecule has 0 aromatic heterocycles. The van der Waals surface area contributed by atoms with Crippen LogP contribution in [-0.2, 0) is 0 Å². The minimum atomic E-state index is 0.598. The van der Waals surface area contributed by atoms with Crippen molar-refractivity contribution >= 4 is 0 Å². The first-order valence-corrected chi connectivity index (χ1v) is 2.80. The Labute approximate surface area is 54.9 Å². The Morgan fingerprint density at radius 2 is 2.00 bits per heavy atom. The molecule has 0 aliphatic heterocycles. The lowest BCUT2D eigenvalue weighted by molar-refractivity contribution is 1.44. The molecule has 0 spiro atoms. The molecule has 0 fully saturated rings. The monoisotopic (exact) mass is 119 g/mol. The third kappa shape index (κ3) is 1.61. The second kappa shape index (κ2) is 2.35. The first-order chi connectivity index (χ1) is 4.29. The molecule has 1 aliphatic rings. The SMILES string of the molecule is C=C(N)C=C1C=CC=C1. The smallest absolute Gasteiger partial charge is 0.0246 e. The van der Waals surface area contributed by atoms with Gasteiger partial charge in [-0.2, -0.15) is 0 Å². The second-order valence-corrected chi connectivity index (χ2v) is 1.94. The molecule has 0 bridgehead atoms. The molecule has 1 nitrogen and oxygen atoms in total. The van der Waals surface area contributed by atoms with Crippen LogP contribution in [0.15, 0.2) is 48.2 Å². The van der Waals surface area contributed by atoms with Crippen LogP contribution in [0.25, 0.3) is 0 Å². The van der Waals surface area contributed by atoms with E-state index in [1.165, 1.54) is 0 Å². The van der Waals surface area contributed by atoms with E-state index in [2.05, 4.69) is 6.58 Å². The zero-order valence-electron chi connectivity index (χ0n) is 5.17. The van der Waals surface area contributed by atoms with Gasteiger partial charge in [0.1, 0.15) is 0 Å². The van der Waals surface area contributed by atoms with Crippen molar-refractivity contribution in [2.24, 2.45) is 5.73 Å². The number of hydrogen-bond acceptors (Lipinski definition) is 1. The average molecular weight is 119 g/mol. The summed E-state index contributed by atoms with van der Waals surface area (Å²) < 4.78 is 0. The van der Waals surface area contributed by atoms with Gasteiger partial charge in [0.2, 0.25) is 0 Å². The van der Waals surface area contributed by atoms with Crippen LogP contribution in [-0.4, -0.2) is 0 Å². The fourth-order valence-corrected chi connectivity index (χ4v) is 0.699. The third-order valence-corrected chi connectivity index (χ3v) is 1.04. The van der Waals surface area contributed by atoms with Gasteiger partial charge in [0.05, 0.1) is 0 Å². The van der Waals surface area contributed by atoms with E-state index in [4.69, 9.17) is 5.73 Å². The lowest BCUT2D eigenvalue weighted by Gasteiger charge is -1.87. The normalized spacial score (nSPS) is 14.4. The Bertz CT molecular complexity index is 193. The summed E-state index contributed by atoms with van der Waals surface area (Å²) in [6.45, 7) is 3.55. The van der Waals surface area contributed by atoms with Gasteiger partial charge in [-0.1, -0.05) is 30.9 Å². The summed E-state index contributed by atoms with van der Waals surface area (Å²) in [5, 5.41) is 0. The first kappa shape index (κ1) is 5.89. The molecular weight excluding hydrogens is 110 g/mol. The summed E-state index contributed by atoms with van der Waals surface area (Å²) in [5.41, 5.74) is 7.05. The van der Waals surface area contributed by atoms with Gasteiger partial charge >= 0.3 is 0 Å². The molecular formula is C8H9N. The maximum absolute atomic E-state index is 5.33. The van der Waals surface area contributed by atoms with Gasteiger partial charge in [-0.3, -0.25) is 0 Å². The summed E-state index contributed by atoms with van der Waals surface area (Å²) >= 11 is 0. The largest absolute Gasteiger partial charge is 0.399 e. The highest BCUT2D eigenvalue weighted by atomic mass is 14.5. The summed E-state index contributed by atoms with van der Waals surface area (Å²) in [6, 6.07) is 0. The van der Waals surface area contributed by atoms with E-state index in [1.54, 1.807) is 0 Å². The summed E-state index contributed by atoms with van der Waals surface area (Å²) in [4.78, 5) is 0.